The molecule has 0 saturated heterocycles. The highest BCUT2D eigenvalue weighted by Gasteiger charge is 2.31. The van der Waals surface area contributed by atoms with Crippen LogP contribution in [0.1, 0.15) is 31.7 Å². The summed E-state index contributed by atoms with van der Waals surface area (Å²) in [6.45, 7) is 1.85. The Balaban J connectivity index is 1.95. The van der Waals surface area contributed by atoms with Crippen LogP contribution < -0.4 is 9.64 Å². The number of hydrogen-bond acceptors (Lipinski definition) is 5. The van der Waals surface area contributed by atoms with Crippen LogP contribution in [-0.4, -0.2) is 32.9 Å². The molecule has 1 amide bonds. The van der Waals surface area contributed by atoms with Crippen LogP contribution in [0.5, 0.6) is 5.75 Å². The standard InChI is InChI=1S/C20H19F4N5O2/c1-2-3-7-18(30)29(12-13-5-4-6-17(8-13)31-20(22,23)24)16-10-14(9-15(21)11-16)19-25-27-28-26-19/h4-6,8-11H,2-3,7,12H2,1H3,(H,25,26,27,28). The number of halogens is 4. The van der Waals surface area contributed by atoms with E-state index < -0.39 is 17.9 Å². The molecule has 0 aliphatic heterocycles. The van der Waals surface area contributed by atoms with Crippen molar-refractivity contribution in [1.82, 2.24) is 20.6 Å². The lowest BCUT2D eigenvalue weighted by Gasteiger charge is -2.24. The van der Waals surface area contributed by atoms with Gasteiger partial charge in [0.05, 0.1) is 6.54 Å². The molecule has 164 valence electrons. The molecule has 1 N–H and O–H groups in total. The Labute approximate surface area is 175 Å². The first-order valence-electron chi connectivity index (χ1n) is 9.45. The fraction of sp³-hybridized carbons (Fsp3) is 0.300. The highest BCUT2D eigenvalue weighted by Crippen LogP contribution is 2.28. The van der Waals surface area contributed by atoms with Crippen molar-refractivity contribution in [3.63, 3.8) is 0 Å². The first kappa shape index (κ1) is 22.2. The molecule has 0 atom stereocenters. The highest BCUT2D eigenvalue weighted by molar-refractivity contribution is 5.93. The minimum Gasteiger partial charge on any atom is -0.406 e. The normalized spacial score (nSPS) is 11.4. The first-order chi connectivity index (χ1) is 14.7. The number of carbonyl (C=O) groups is 1. The lowest BCUT2D eigenvalue weighted by Crippen LogP contribution is -2.30. The van der Waals surface area contributed by atoms with Crippen molar-refractivity contribution in [3.05, 3.63) is 53.8 Å². The SMILES string of the molecule is CCCCC(=O)N(Cc1cccc(OC(F)(F)F)c1)c1cc(F)cc(-c2nnn[nH]2)c1. The maximum atomic E-state index is 14.3. The van der Waals surface area contributed by atoms with Gasteiger partial charge in [-0.05, 0) is 52.7 Å². The lowest BCUT2D eigenvalue weighted by atomic mass is 10.1. The fourth-order valence-electron chi connectivity index (χ4n) is 2.96. The molecule has 0 spiro atoms. The van der Waals surface area contributed by atoms with Crippen molar-refractivity contribution in [1.29, 1.82) is 0 Å². The zero-order valence-corrected chi connectivity index (χ0v) is 16.5. The van der Waals surface area contributed by atoms with Gasteiger partial charge in [-0.15, -0.1) is 18.3 Å². The number of carbonyl (C=O) groups excluding carboxylic acids is 1. The zero-order valence-electron chi connectivity index (χ0n) is 16.5. The summed E-state index contributed by atoms with van der Waals surface area (Å²) >= 11 is 0. The summed E-state index contributed by atoms with van der Waals surface area (Å²) < 4.78 is 55.9. The Bertz CT molecular complexity index is 1020. The van der Waals surface area contributed by atoms with Gasteiger partial charge in [0.1, 0.15) is 11.6 Å². The second kappa shape index (κ2) is 9.54. The Morgan fingerprint density at radius 3 is 2.68 bits per heavy atom. The Hall–Kier alpha value is -3.50. The summed E-state index contributed by atoms with van der Waals surface area (Å²) in [6, 6.07) is 9.22. The summed E-state index contributed by atoms with van der Waals surface area (Å²) in [5.41, 5.74) is 0.941. The molecule has 1 aromatic heterocycles. The topological polar surface area (TPSA) is 84.0 Å². The summed E-state index contributed by atoms with van der Waals surface area (Å²) in [7, 11) is 0. The number of aromatic amines is 1. The highest BCUT2D eigenvalue weighted by atomic mass is 19.4. The maximum absolute atomic E-state index is 14.3. The van der Waals surface area contributed by atoms with Crippen LogP contribution in [-0.2, 0) is 11.3 Å². The molecule has 31 heavy (non-hydrogen) atoms. The molecule has 0 bridgehead atoms. The van der Waals surface area contributed by atoms with E-state index in [2.05, 4.69) is 25.4 Å². The molecule has 2 aromatic carbocycles. The molecule has 11 heteroatoms. The summed E-state index contributed by atoms with van der Waals surface area (Å²) in [5.74, 6) is -1.11. The molecule has 7 nitrogen and oxygen atoms in total. The molecule has 0 fully saturated rings. The van der Waals surface area contributed by atoms with E-state index in [0.717, 1.165) is 12.5 Å². The number of nitrogens with one attached hydrogen (secondary N) is 1. The van der Waals surface area contributed by atoms with Gasteiger partial charge in [-0.25, -0.2) is 9.49 Å². The van der Waals surface area contributed by atoms with Crippen molar-refractivity contribution < 1.29 is 27.1 Å². The van der Waals surface area contributed by atoms with Crippen LogP contribution in [0.15, 0.2) is 42.5 Å². The molecule has 3 aromatic rings. The third kappa shape index (κ3) is 6.24. The smallest absolute Gasteiger partial charge is 0.406 e. The monoisotopic (exact) mass is 437 g/mol. The number of ether oxygens (including phenoxy) is 1. The second-order valence-corrected chi connectivity index (χ2v) is 6.73. The number of tetrazole rings is 1. The number of hydrogen-bond donors (Lipinski definition) is 1. The van der Waals surface area contributed by atoms with Gasteiger partial charge >= 0.3 is 6.36 Å². The van der Waals surface area contributed by atoms with Gasteiger partial charge in [0.15, 0.2) is 5.82 Å². The van der Waals surface area contributed by atoms with Crippen LogP contribution >= 0.6 is 0 Å². The van der Waals surface area contributed by atoms with Gasteiger partial charge in [-0.2, -0.15) is 0 Å². The van der Waals surface area contributed by atoms with E-state index in [1.165, 1.54) is 35.2 Å². The third-order valence-electron chi connectivity index (χ3n) is 4.33. The summed E-state index contributed by atoms with van der Waals surface area (Å²) in [6.07, 6.45) is -3.25. The number of aromatic nitrogens is 4. The van der Waals surface area contributed by atoms with Crippen molar-refractivity contribution >= 4 is 11.6 Å². The predicted octanol–water partition coefficient (Wildman–Crippen LogP) is 4.63. The first-order valence-corrected chi connectivity index (χ1v) is 9.45. The molecule has 3 rings (SSSR count). The van der Waals surface area contributed by atoms with Crippen molar-refractivity contribution in [3.8, 4) is 17.1 Å². The molecule has 0 aliphatic carbocycles. The van der Waals surface area contributed by atoms with Crippen LogP contribution in [0.3, 0.4) is 0 Å². The second-order valence-electron chi connectivity index (χ2n) is 6.73. The largest absolute Gasteiger partial charge is 0.573 e. The van der Waals surface area contributed by atoms with E-state index in [1.807, 2.05) is 6.92 Å². The number of H-pyrrole nitrogens is 1. The average Bonchev–Trinajstić information content (AvgIpc) is 3.24. The number of anilines is 1. The fourth-order valence-corrected chi connectivity index (χ4v) is 2.96. The molecule has 0 radical (unpaired) electrons. The molecular weight excluding hydrogens is 418 g/mol. The Morgan fingerprint density at radius 2 is 2.00 bits per heavy atom. The van der Waals surface area contributed by atoms with Crippen molar-refractivity contribution in [2.24, 2.45) is 0 Å². The van der Waals surface area contributed by atoms with Gasteiger partial charge in [0.25, 0.3) is 0 Å². The minimum atomic E-state index is -4.84. The molecule has 1 heterocycles. The quantitative estimate of drug-likeness (QED) is 0.520. The molecule has 0 unspecified atom stereocenters. The Kier molecular flexibility index (Phi) is 6.83. The van der Waals surface area contributed by atoms with Gasteiger partial charge in [-0.3, -0.25) is 4.79 Å². The summed E-state index contributed by atoms with van der Waals surface area (Å²) in [5, 5.41) is 13.2. The van der Waals surface area contributed by atoms with Gasteiger partial charge in [-0.1, -0.05) is 25.5 Å². The van der Waals surface area contributed by atoms with E-state index in [1.54, 1.807) is 6.07 Å². The molecule has 0 aliphatic rings. The van der Waals surface area contributed by atoms with E-state index in [0.29, 0.717) is 17.5 Å². The van der Waals surface area contributed by atoms with E-state index in [4.69, 9.17) is 0 Å². The van der Waals surface area contributed by atoms with Gasteiger partial charge in [0.2, 0.25) is 5.91 Å². The number of alkyl halides is 3. The van der Waals surface area contributed by atoms with E-state index >= 15 is 0 Å². The van der Waals surface area contributed by atoms with Crippen LogP contribution in [0.2, 0.25) is 0 Å². The zero-order chi connectivity index (χ0) is 22.4. The average molecular weight is 437 g/mol. The van der Waals surface area contributed by atoms with Crippen molar-refractivity contribution in [2.45, 2.75) is 39.1 Å². The van der Waals surface area contributed by atoms with Gasteiger partial charge < -0.3 is 9.64 Å². The third-order valence-corrected chi connectivity index (χ3v) is 4.33. The summed E-state index contributed by atoms with van der Waals surface area (Å²) in [4.78, 5) is 14.2. The number of benzene rings is 2. The number of unbranched alkanes of at least 4 members (excludes halogenated alkanes) is 1. The van der Waals surface area contributed by atoms with Crippen LogP contribution in [0.25, 0.3) is 11.4 Å². The van der Waals surface area contributed by atoms with Crippen molar-refractivity contribution in [2.75, 3.05) is 4.90 Å². The minimum absolute atomic E-state index is 0.0743. The number of nitrogens with zero attached hydrogens (tertiary/aromatic N) is 4. The van der Waals surface area contributed by atoms with Crippen LogP contribution in [0, 0.1) is 5.82 Å². The molecule has 0 saturated carbocycles. The maximum Gasteiger partial charge on any atom is 0.573 e. The Morgan fingerprint density at radius 1 is 1.19 bits per heavy atom. The number of amides is 1. The lowest BCUT2D eigenvalue weighted by molar-refractivity contribution is -0.274. The van der Waals surface area contributed by atoms with E-state index in [-0.39, 0.29) is 30.4 Å². The van der Waals surface area contributed by atoms with Gasteiger partial charge in [0, 0.05) is 17.7 Å². The van der Waals surface area contributed by atoms with Crippen LogP contribution in [0.4, 0.5) is 23.2 Å². The number of rotatable bonds is 8. The molecular formula is C20H19F4N5O2. The predicted molar refractivity (Wildman–Crippen MR) is 103 cm³/mol. The van der Waals surface area contributed by atoms with E-state index in [9.17, 15) is 22.4 Å².